The molecule has 0 radical (unpaired) electrons. The second-order valence-corrected chi connectivity index (χ2v) is 7.52. The summed E-state index contributed by atoms with van der Waals surface area (Å²) in [7, 11) is 0. The van der Waals surface area contributed by atoms with E-state index >= 15 is 0 Å². The maximum absolute atomic E-state index is 11.9. The minimum absolute atomic E-state index is 0.0850. The van der Waals surface area contributed by atoms with Gasteiger partial charge in [0, 0.05) is 23.4 Å². The van der Waals surface area contributed by atoms with Crippen molar-refractivity contribution in [1.29, 1.82) is 0 Å². The van der Waals surface area contributed by atoms with E-state index in [4.69, 9.17) is 0 Å². The highest BCUT2D eigenvalue weighted by atomic mass is 16.1. The van der Waals surface area contributed by atoms with E-state index in [-0.39, 0.29) is 5.56 Å². The maximum Gasteiger partial charge on any atom is 0.272 e. The van der Waals surface area contributed by atoms with Gasteiger partial charge in [0.1, 0.15) is 0 Å². The Morgan fingerprint density at radius 1 is 1.18 bits per heavy atom. The summed E-state index contributed by atoms with van der Waals surface area (Å²) in [5.41, 5.74) is 1.54. The zero-order chi connectivity index (χ0) is 15.3. The average Bonchev–Trinajstić information content (AvgIpc) is 2.41. The van der Waals surface area contributed by atoms with Crippen molar-refractivity contribution in [3.05, 3.63) is 40.3 Å². The van der Waals surface area contributed by atoms with Gasteiger partial charge < -0.3 is 5.32 Å². The van der Waals surface area contributed by atoms with Crippen LogP contribution in [0.1, 0.15) is 51.1 Å². The van der Waals surface area contributed by atoms with Gasteiger partial charge in [-0.05, 0) is 37.2 Å². The zero-order valence-electron chi connectivity index (χ0n) is 13.2. The Balaban J connectivity index is 1.50. The van der Waals surface area contributed by atoms with Gasteiger partial charge in [-0.2, -0.15) is 5.10 Å². The SMILES string of the molecule is CC(C)N[C@H]1CC2(C1)C[C@H](c1n[nH]c(=O)c3ccccc31)C2. The quantitative estimate of drug-likeness (QED) is 0.916. The Hall–Kier alpha value is -1.68. The molecule has 1 spiro atoms. The molecule has 1 heterocycles. The molecule has 2 aromatic rings. The summed E-state index contributed by atoms with van der Waals surface area (Å²) in [5, 5.41) is 12.5. The van der Waals surface area contributed by atoms with E-state index in [1.165, 1.54) is 25.7 Å². The molecule has 2 saturated carbocycles. The number of hydrogen-bond acceptors (Lipinski definition) is 3. The number of fused-ring (bicyclic) bond motifs is 1. The fraction of sp³-hybridized carbons (Fsp3) is 0.556. The first-order valence-electron chi connectivity index (χ1n) is 8.30. The fourth-order valence-corrected chi connectivity index (χ4v) is 4.53. The molecule has 4 nitrogen and oxygen atoms in total. The summed E-state index contributed by atoms with van der Waals surface area (Å²) in [4.78, 5) is 11.9. The first-order chi connectivity index (χ1) is 10.6. The van der Waals surface area contributed by atoms with E-state index < -0.39 is 0 Å². The number of aromatic amines is 1. The van der Waals surface area contributed by atoms with E-state index in [2.05, 4.69) is 29.4 Å². The van der Waals surface area contributed by atoms with Crippen molar-refractivity contribution in [2.45, 2.75) is 57.5 Å². The molecule has 4 rings (SSSR count). The predicted octanol–water partition coefficient (Wildman–Crippen LogP) is 2.95. The lowest BCUT2D eigenvalue weighted by molar-refractivity contribution is -0.0239. The number of nitrogens with one attached hydrogen (secondary N) is 2. The molecule has 2 aliphatic rings. The standard InChI is InChI=1S/C18H23N3O/c1-11(2)19-13-9-18(10-13)7-12(8-18)16-14-5-3-4-6-15(14)17(22)21-20-16/h3-6,11-13,19H,7-10H2,1-2H3,(H,21,22)/t12-,13-,18?. The second kappa shape index (κ2) is 4.92. The van der Waals surface area contributed by atoms with E-state index in [0.29, 0.717) is 23.4 Å². The minimum Gasteiger partial charge on any atom is -0.312 e. The minimum atomic E-state index is -0.0850. The molecule has 4 heteroatoms. The summed E-state index contributed by atoms with van der Waals surface area (Å²) < 4.78 is 0. The number of H-pyrrole nitrogens is 1. The molecule has 0 saturated heterocycles. The van der Waals surface area contributed by atoms with Gasteiger partial charge in [0.05, 0.1) is 11.1 Å². The molecule has 0 atom stereocenters. The lowest BCUT2D eigenvalue weighted by Gasteiger charge is -2.58. The number of hydrogen-bond donors (Lipinski definition) is 2. The summed E-state index contributed by atoms with van der Waals surface area (Å²) in [5.74, 6) is 0.502. The molecule has 2 N–H and O–H groups in total. The van der Waals surface area contributed by atoms with Gasteiger partial charge in [0.2, 0.25) is 0 Å². The van der Waals surface area contributed by atoms with Gasteiger partial charge in [-0.15, -0.1) is 0 Å². The van der Waals surface area contributed by atoms with E-state index in [1.54, 1.807) is 0 Å². The van der Waals surface area contributed by atoms with Crippen LogP contribution < -0.4 is 10.9 Å². The largest absolute Gasteiger partial charge is 0.312 e. The van der Waals surface area contributed by atoms with Crippen LogP contribution in [0.5, 0.6) is 0 Å². The zero-order valence-corrected chi connectivity index (χ0v) is 13.2. The summed E-state index contributed by atoms with van der Waals surface area (Å²) in [6, 6.07) is 9.09. The molecule has 0 unspecified atom stereocenters. The van der Waals surface area contributed by atoms with Crippen LogP contribution in [0.25, 0.3) is 10.8 Å². The molecule has 2 fully saturated rings. The highest BCUT2D eigenvalue weighted by molar-refractivity contribution is 5.83. The highest BCUT2D eigenvalue weighted by Gasteiger charge is 2.53. The Kier molecular flexibility index (Phi) is 3.12. The van der Waals surface area contributed by atoms with Crippen LogP contribution in [0.15, 0.2) is 29.1 Å². The molecule has 1 aromatic carbocycles. The van der Waals surface area contributed by atoms with E-state index in [9.17, 15) is 4.79 Å². The van der Waals surface area contributed by atoms with Crippen molar-refractivity contribution < 1.29 is 0 Å². The normalized spacial score (nSPS) is 30.5. The topological polar surface area (TPSA) is 57.8 Å². The predicted molar refractivity (Wildman–Crippen MR) is 88.1 cm³/mol. The molecular formula is C18H23N3O. The van der Waals surface area contributed by atoms with Crippen LogP contribution in [0.3, 0.4) is 0 Å². The number of benzene rings is 1. The molecule has 0 bridgehead atoms. The molecule has 0 amide bonds. The van der Waals surface area contributed by atoms with Gasteiger partial charge in [0.15, 0.2) is 0 Å². The summed E-state index contributed by atoms with van der Waals surface area (Å²) in [6.45, 7) is 4.43. The van der Waals surface area contributed by atoms with Crippen molar-refractivity contribution in [1.82, 2.24) is 15.5 Å². The van der Waals surface area contributed by atoms with Gasteiger partial charge in [-0.25, -0.2) is 5.10 Å². The molecule has 116 valence electrons. The molecule has 0 aliphatic heterocycles. The van der Waals surface area contributed by atoms with E-state index in [1.807, 2.05) is 24.3 Å². The van der Waals surface area contributed by atoms with Crippen LogP contribution in [0.4, 0.5) is 0 Å². The van der Waals surface area contributed by atoms with Crippen LogP contribution in [0.2, 0.25) is 0 Å². The second-order valence-electron chi connectivity index (χ2n) is 7.52. The lowest BCUT2D eigenvalue weighted by Crippen LogP contribution is -2.55. The van der Waals surface area contributed by atoms with Crippen molar-refractivity contribution in [3.63, 3.8) is 0 Å². The Morgan fingerprint density at radius 2 is 1.86 bits per heavy atom. The van der Waals surface area contributed by atoms with Crippen molar-refractivity contribution in [2.75, 3.05) is 0 Å². The maximum atomic E-state index is 11.9. The number of aromatic nitrogens is 2. The summed E-state index contributed by atoms with van der Waals surface area (Å²) >= 11 is 0. The Labute approximate surface area is 130 Å². The van der Waals surface area contributed by atoms with Crippen LogP contribution in [-0.2, 0) is 0 Å². The monoisotopic (exact) mass is 297 g/mol. The third-order valence-corrected chi connectivity index (χ3v) is 5.40. The molecule has 2 aliphatic carbocycles. The third-order valence-electron chi connectivity index (χ3n) is 5.40. The van der Waals surface area contributed by atoms with Crippen LogP contribution >= 0.6 is 0 Å². The van der Waals surface area contributed by atoms with Crippen molar-refractivity contribution >= 4 is 10.8 Å². The average molecular weight is 297 g/mol. The van der Waals surface area contributed by atoms with Crippen molar-refractivity contribution in [3.8, 4) is 0 Å². The summed E-state index contributed by atoms with van der Waals surface area (Å²) in [6.07, 6.45) is 5.02. The lowest BCUT2D eigenvalue weighted by atomic mass is 9.49. The fourth-order valence-electron chi connectivity index (χ4n) is 4.53. The first-order valence-corrected chi connectivity index (χ1v) is 8.30. The van der Waals surface area contributed by atoms with Gasteiger partial charge in [-0.3, -0.25) is 4.79 Å². The first kappa shape index (κ1) is 13.9. The number of rotatable bonds is 3. The molecule has 22 heavy (non-hydrogen) atoms. The smallest absolute Gasteiger partial charge is 0.272 e. The van der Waals surface area contributed by atoms with Crippen molar-refractivity contribution in [2.24, 2.45) is 5.41 Å². The van der Waals surface area contributed by atoms with Gasteiger partial charge in [-0.1, -0.05) is 32.0 Å². The van der Waals surface area contributed by atoms with Gasteiger partial charge >= 0.3 is 0 Å². The van der Waals surface area contributed by atoms with Gasteiger partial charge in [0.25, 0.3) is 5.56 Å². The van der Waals surface area contributed by atoms with Crippen LogP contribution in [-0.4, -0.2) is 22.3 Å². The Bertz CT molecular complexity index is 750. The van der Waals surface area contributed by atoms with E-state index in [0.717, 1.165) is 16.5 Å². The third kappa shape index (κ3) is 2.17. The molecule has 1 aromatic heterocycles. The highest BCUT2D eigenvalue weighted by Crippen LogP contribution is 2.62. The number of nitrogens with zero attached hydrogens (tertiary/aromatic N) is 1. The molecular weight excluding hydrogens is 274 g/mol. The Morgan fingerprint density at radius 3 is 2.55 bits per heavy atom. The van der Waals surface area contributed by atoms with Crippen LogP contribution in [0, 0.1) is 5.41 Å².